The highest BCUT2D eigenvalue weighted by Gasteiger charge is 2.28. The van der Waals surface area contributed by atoms with Crippen molar-refractivity contribution in [1.82, 2.24) is 15.1 Å². The van der Waals surface area contributed by atoms with E-state index in [0.717, 1.165) is 11.1 Å². The van der Waals surface area contributed by atoms with E-state index in [1.807, 2.05) is 0 Å². The first-order valence-electron chi connectivity index (χ1n) is 6.30. The third-order valence-corrected chi connectivity index (χ3v) is 3.35. The summed E-state index contributed by atoms with van der Waals surface area (Å²) < 4.78 is 19.1. The Bertz CT molecular complexity index is 781. The number of halogens is 1. The summed E-state index contributed by atoms with van der Waals surface area (Å²) in [6.07, 6.45) is 1.32. The molecule has 1 aliphatic rings. The fraction of sp³-hybridized carbons (Fsp3) is 0.250. The van der Waals surface area contributed by atoms with Crippen LogP contribution < -0.4 is 5.73 Å². The van der Waals surface area contributed by atoms with Gasteiger partial charge < -0.3 is 10.5 Å². The molecule has 6 radical (unpaired) electrons. The van der Waals surface area contributed by atoms with E-state index >= 15 is 0 Å². The van der Waals surface area contributed by atoms with Gasteiger partial charge in [-0.1, -0.05) is 4.48 Å². The first kappa shape index (κ1) is 14.8. The van der Waals surface area contributed by atoms with Gasteiger partial charge in [0.1, 0.15) is 11.5 Å². The SMILES string of the molecule is [B]C([B])([B])N(F)C(=O)c1cc2c3c(c(N)nc2cn1)COC3. The molecule has 1 aliphatic heterocycles. The van der Waals surface area contributed by atoms with Crippen molar-refractivity contribution >= 4 is 46.2 Å². The van der Waals surface area contributed by atoms with Crippen LogP contribution in [0.1, 0.15) is 21.6 Å². The fourth-order valence-electron chi connectivity index (χ4n) is 2.27. The normalized spacial score (nSPS) is 14.0. The van der Waals surface area contributed by atoms with Gasteiger partial charge in [-0.25, -0.2) is 9.97 Å². The van der Waals surface area contributed by atoms with Crippen molar-refractivity contribution in [3.8, 4) is 0 Å². The second kappa shape index (κ2) is 4.98. The zero-order valence-corrected chi connectivity index (χ0v) is 11.4. The molecule has 0 fully saturated rings. The van der Waals surface area contributed by atoms with E-state index in [4.69, 9.17) is 34.0 Å². The van der Waals surface area contributed by atoms with Crippen LogP contribution >= 0.6 is 0 Å². The molecule has 0 spiro atoms. The van der Waals surface area contributed by atoms with E-state index < -0.39 is 16.3 Å². The number of nitrogen functional groups attached to an aromatic ring is 1. The molecule has 22 heavy (non-hydrogen) atoms. The van der Waals surface area contributed by atoms with E-state index in [1.165, 1.54) is 12.3 Å². The van der Waals surface area contributed by atoms with Gasteiger partial charge in [0.2, 0.25) is 0 Å². The van der Waals surface area contributed by atoms with E-state index in [-0.39, 0.29) is 5.69 Å². The lowest BCUT2D eigenvalue weighted by Gasteiger charge is -2.27. The molecule has 10 heteroatoms. The summed E-state index contributed by atoms with van der Waals surface area (Å²) in [5.41, 5.74) is 7.65. The van der Waals surface area contributed by atoms with Gasteiger partial charge >= 0.3 is 0 Å². The molecule has 3 heterocycles. The van der Waals surface area contributed by atoms with Crippen molar-refractivity contribution in [1.29, 1.82) is 0 Å². The lowest BCUT2D eigenvalue weighted by atomic mass is 9.49. The Morgan fingerprint density at radius 2 is 2.05 bits per heavy atom. The fourth-order valence-corrected chi connectivity index (χ4v) is 2.27. The highest BCUT2D eigenvalue weighted by Crippen LogP contribution is 2.31. The van der Waals surface area contributed by atoms with Gasteiger partial charge in [0.25, 0.3) is 5.91 Å². The lowest BCUT2D eigenvalue weighted by molar-refractivity contribution is 0.0164. The predicted octanol–water partition coefficient (Wildman–Crippen LogP) is -0.314. The molecular formula is C12H8B3FN4O2. The molecule has 104 valence electrons. The largest absolute Gasteiger partial charge is 0.383 e. The number of nitrogens with two attached hydrogens (primary N) is 1. The van der Waals surface area contributed by atoms with Gasteiger partial charge in [-0.05, 0) is 16.9 Å². The highest BCUT2D eigenvalue weighted by molar-refractivity contribution is 6.59. The third-order valence-electron chi connectivity index (χ3n) is 3.35. The van der Waals surface area contributed by atoms with Crippen LogP contribution in [0.2, 0.25) is 0 Å². The zero-order valence-electron chi connectivity index (χ0n) is 11.4. The molecule has 1 amide bonds. The predicted molar refractivity (Wildman–Crippen MR) is 79.7 cm³/mol. The quantitative estimate of drug-likeness (QED) is 0.606. The van der Waals surface area contributed by atoms with Gasteiger partial charge in [-0.3, -0.25) is 4.79 Å². The number of pyridine rings is 2. The van der Waals surface area contributed by atoms with Gasteiger partial charge in [0, 0.05) is 10.9 Å². The molecular weight excluding hydrogens is 284 g/mol. The number of fused-ring (bicyclic) bond motifs is 3. The molecule has 0 saturated carbocycles. The standard InChI is InChI=1S/C12H8B3FN4O2/c13-12(14,15)20(16)11(21)8-1-5-6-3-22-4-7(6)10(17)19-9(5)2-18-8/h1-2H,3-4H2,(H2,17,19). The molecule has 2 aromatic heterocycles. The monoisotopic (exact) mass is 292 g/mol. The van der Waals surface area contributed by atoms with Crippen LogP contribution in [0.15, 0.2) is 12.3 Å². The molecule has 2 aromatic rings. The maximum atomic E-state index is 13.7. The molecule has 0 aliphatic carbocycles. The van der Waals surface area contributed by atoms with Crippen LogP contribution in [-0.4, -0.2) is 49.8 Å². The Balaban J connectivity index is 2.11. The maximum Gasteiger partial charge on any atom is 0.298 e. The molecule has 0 atom stereocenters. The van der Waals surface area contributed by atoms with E-state index in [9.17, 15) is 9.28 Å². The topological polar surface area (TPSA) is 81.3 Å². The third kappa shape index (κ3) is 2.33. The molecule has 3 rings (SSSR count). The number of rotatable bonds is 2. The summed E-state index contributed by atoms with van der Waals surface area (Å²) in [6, 6.07) is 1.38. The zero-order chi connectivity index (χ0) is 16.1. The number of carbonyl (C=O) groups excluding carboxylic acids is 1. The number of ether oxygens (including phenoxy) is 1. The number of amides is 1. The Labute approximate surface area is 129 Å². The Hall–Kier alpha value is -2.09. The summed E-state index contributed by atoms with van der Waals surface area (Å²) in [6.45, 7) is 0.659. The Kier molecular flexibility index (Phi) is 3.36. The van der Waals surface area contributed by atoms with Gasteiger partial charge in [-0.15, -0.1) is 0 Å². The first-order chi connectivity index (χ1) is 10.3. The van der Waals surface area contributed by atoms with Gasteiger partial charge in [0.05, 0.1) is 48.5 Å². The minimum Gasteiger partial charge on any atom is -0.383 e. The summed E-state index contributed by atoms with van der Waals surface area (Å²) in [5, 5.41) is -2.31. The average molecular weight is 292 g/mol. The van der Waals surface area contributed by atoms with Gasteiger partial charge in [-0.2, -0.15) is 5.12 Å². The molecule has 6 nitrogen and oxygen atoms in total. The number of nitrogens with zero attached hydrogens (tertiary/aromatic N) is 3. The van der Waals surface area contributed by atoms with E-state index in [2.05, 4.69) is 9.97 Å². The van der Waals surface area contributed by atoms with Crippen molar-refractivity contribution in [2.24, 2.45) is 0 Å². The van der Waals surface area contributed by atoms with Crippen molar-refractivity contribution < 1.29 is 14.0 Å². The summed E-state index contributed by atoms with van der Waals surface area (Å²) in [5.74, 6) is -0.809. The Morgan fingerprint density at radius 3 is 2.73 bits per heavy atom. The van der Waals surface area contributed by atoms with Crippen LogP contribution in [0, 0.1) is 0 Å². The summed E-state index contributed by atoms with van der Waals surface area (Å²) in [7, 11) is 15.4. The van der Waals surface area contributed by atoms with E-state index in [0.29, 0.717) is 29.9 Å². The van der Waals surface area contributed by atoms with Crippen LogP contribution in [0.25, 0.3) is 10.9 Å². The van der Waals surface area contributed by atoms with Crippen LogP contribution in [0.5, 0.6) is 0 Å². The smallest absolute Gasteiger partial charge is 0.298 e. The van der Waals surface area contributed by atoms with Crippen LogP contribution in [0.4, 0.5) is 10.3 Å². The highest BCUT2D eigenvalue weighted by atomic mass is 19.2. The minimum atomic E-state index is -2.43. The van der Waals surface area contributed by atoms with Crippen molar-refractivity contribution in [3.05, 3.63) is 29.1 Å². The molecule has 0 unspecified atom stereocenters. The van der Waals surface area contributed by atoms with Crippen molar-refractivity contribution in [2.45, 2.75) is 18.5 Å². The molecule has 2 N–H and O–H groups in total. The maximum absolute atomic E-state index is 13.7. The van der Waals surface area contributed by atoms with Crippen LogP contribution in [-0.2, 0) is 18.0 Å². The number of carbonyl (C=O) groups is 1. The molecule has 0 saturated heterocycles. The Morgan fingerprint density at radius 1 is 1.36 bits per heavy atom. The number of aromatic nitrogens is 2. The number of anilines is 1. The molecule has 0 aromatic carbocycles. The number of hydrogen-bond acceptors (Lipinski definition) is 5. The number of hydrogen-bond donors (Lipinski definition) is 1. The van der Waals surface area contributed by atoms with Gasteiger partial charge in [0.15, 0.2) is 0 Å². The minimum absolute atomic E-state index is 0.207. The summed E-state index contributed by atoms with van der Waals surface area (Å²) in [4.78, 5) is 20.0. The second-order valence-electron chi connectivity index (χ2n) is 5.01. The van der Waals surface area contributed by atoms with Crippen LogP contribution in [0.3, 0.4) is 0 Å². The second-order valence-corrected chi connectivity index (χ2v) is 5.01. The first-order valence-corrected chi connectivity index (χ1v) is 6.30. The lowest BCUT2D eigenvalue weighted by Crippen LogP contribution is -2.49. The average Bonchev–Trinajstić information content (AvgIpc) is 2.95. The van der Waals surface area contributed by atoms with Crippen molar-refractivity contribution in [2.75, 3.05) is 5.73 Å². The van der Waals surface area contributed by atoms with E-state index in [1.54, 1.807) is 0 Å². The summed E-state index contributed by atoms with van der Waals surface area (Å²) >= 11 is 0. The van der Waals surface area contributed by atoms with Crippen molar-refractivity contribution in [3.63, 3.8) is 0 Å². The molecule has 0 bridgehead atoms.